The van der Waals surface area contributed by atoms with Crippen molar-refractivity contribution in [2.75, 3.05) is 5.73 Å². The lowest BCUT2D eigenvalue weighted by atomic mass is 10.0. The highest BCUT2D eigenvalue weighted by Crippen LogP contribution is 2.33. The van der Waals surface area contributed by atoms with Crippen LogP contribution in [0.15, 0.2) is 4.52 Å². The molecule has 0 aliphatic rings. The molecule has 0 amide bonds. The van der Waals surface area contributed by atoms with Gasteiger partial charge in [0, 0.05) is 7.14 Å². The molecular formula is C20H20FI2N3O. The summed E-state index contributed by atoms with van der Waals surface area (Å²) in [6.07, 6.45) is 0. The standard InChI is InChI=1S/C10H9FIN.C10H11IN2O/c1-5-6(2)9(11)8(4-13)10(12)7(5)3;1-4-5(2)8(11)7-9(6(4)3)14-13-10(7)12/h1-3H3;1-3H3,(H2,12,13). The summed E-state index contributed by atoms with van der Waals surface area (Å²) in [5.41, 5.74) is 12.9. The SMILES string of the molecule is Cc1c(C)c(F)c(C#N)c(I)c1C.Cc1c(C)c(I)c2c(N)noc2c1C. The fourth-order valence-corrected chi connectivity index (χ4v) is 4.44. The summed E-state index contributed by atoms with van der Waals surface area (Å²) in [7, 11) is 0. The maximum Gasteiger partial charge on any atom is 0.175 e. The van der Waals surface area contributed by atoms with Crippen molar-refractivity contribution in [2.45, 2.75) is 41.5 Å². The van der Waals surface area contributed by atoms with Crippen molar-refractivity contribution < 1.29 is 8.91 Å². The summed E-state index contributed by atoms with van der Waals surface area (Å²) in [6.45, 7) is 11.7. The molecule has 2 N–H and O–H groups in total. The Morgan fingerprint density at radius 2 is 1.41 bits per heavy atom. The minimum absolute atomic E-state index is 0.168. The van der Waals surface area contributed by atoms with Gasteiger partial charge in [-0.05, 0) is 120 Å². The molecule has 0 saturated carbocycles. The Kier molecular flexibility index (Phi) is 6.73. The molecule has 0 spiro atoms. The highest BCUT2D eigenvalue weighted by Gasteiger charge is 2.16. The quantitative estimate of drug-likeness (QED) is 0.318. The second-order valence-corrected chi connectivity index (χ2v) is 8.61. The van der Waals surface area contributed by atoms with Gasteiger partial charge in [0.25, 0.3) is 0 Å². The third-order valence-electron chi connectivity index (χ3n) is 5.07. The Balaban J connectivity index is 0.000000194. The van der Waals surface area contributed by atoms with Crippen molar-refractivity contribution in [3.8, 4) is 6.07 Å². The van der Waals surface area contributed by atoms with Gasteiger partial charge in [-0.15, -0.1) is 0 Å². The fourth-order valence-electron chi connectivity index (χ4n) is 2.75. The number of nitriles is 1. The first-order valence-electron chi connectivity index (χ1n) is 8.19. The van der Waals surface area contributed by atoms with Gasteiger partial charge < -0.3 is 10.3 Å². The van der Waals surface area contributed by atoms with Crippen molar-refractivity contribution in [1.82, 2.24) is 5.16 Å². The summed E-state index contributed by atoms with van der Waals surface area (Å²) in [4.78, 5) is 0. The van der Waals surface area contributed by atoms with Gasteiger partial charge in [0.2, 0.25) is 0 Å². The molecule has 1 heterocycles. The van der Waals surface area contributed by atoms with Crippen molar-refractivity contribution in [2.24, 2.45) is 0 Å². The van der Waals surface area contributed by atoms with Gasteiger partial charge in [-0.25, -0.2) is 4.39 Å². The number of rotatable bonds is 0. The van der Waals surface area contributed by atoms with Crippen LogP contribution in [0.1, 0.15) is 38.9 Å². The number of nitrogen functional groups attached to an aromatic ring is 1. The van der Waals surface area contributed by atoms with Crippen LogP contribution in [-0.2, 0) is 0 Å². The van der Waals surface area contributed by atoms with Crippen LogP contribution in [0.2, 0.25) is 0 Å². The van der Waals surface area contributed by atoms with Gasteiger partial charge in [-0.2, -0.15) is 5.26 Å². The molecule has 0 atom stereocenters. The monoisotopic (exact) mass is 591 g/mol. The predicted molar refractivity (Wildman–Crippen MR) is 123 cm³/mol. The molecule has 3 aromatic rings. The first-order chi connectivity index (χ1) is 12.5. The minimum Gasteiger partial charge on any atom is -0.380 e. The molecule has 0 aliphatic carbocycles. The number of nitrogens with zero attached hydrogens (tertiary/aromatic N) is 2. The molecule has 4 nitrogen and oxygen atoms in total. The number of hydrogen-bond acceptors (Lipinski definition) is 4. The molecule has 1 aromatic heterocycles. The van der Waals surface area contributed by atoms with Gasteiger partial charge in [0.15, 0.2) is 11.4 Å². The zero-order valence-electron chi connectivity index (χ0n) is 16.0. The number of fused-ring (bicyclic) bond motifs is 1. The van der Waals surface area contributed by atoms with Crippen LogP contribution in [0, 0.1) is 65.8 Å². The lowest BCUT2D eigenvalue weighted by Gasteiger charge is -2.10. The molecular weight excluding hydrogens is 571 g/mol. The van der Waals surface area contributed by atoms with Crippen molar-refractivity contribution in [3.05, 3.63) is 51.9 Å². The normalized spacial score (nSPS) is 10.5. The average molecular weight is 591 g/mol. The van der Waals surface area contributed by atoms with Gasteiger partial charge in [-0.1, -0.05) is 5.16 Å². The van der Waals surface area contributed by atoms with E-state index in [2.05, 4.69) is 41.6 Å². The van der Waals surface area contributed by atoms with Gasteiger partial charge >= 0.3 is 0 Å². The molecule has 0 unspecified atom stereocenters. The number of hydrogen-bond donors (Lipinski definition) is 1. The van der Waals surface area contributed by atoms with Crippen molar-refractivity contribution >= 4 is 62.0 Å². The molecule has 0 aliphatic heterocycles. The van der Waals surface area contributed by atoms with Crippen LogP contribution in [0.5, 0.6) is 0 Å². The minimum atomic E-state index is -0.380. The van der Waals surface area contributed by atoms with E-state index >= 15 is 0 Å². The van der Waals surface area contributed by atoms with E-state index in [1.54, 1.807) is 6.92 Å². The zero-order chi connectivity index (χ0) is 20.6. The predicted octanol–water partition coefficient (Wildman–Crippen LogP) is 6.17. The number of anilines is 1. The van der Waals surface area contributed by atoms with Crippen LogP contribution in [0.4, 0.5) is 10.2 Å². The largest absolute Gasteiger partial charge is 0.380 e. The highest BCUT2D eigenvalue weighted by atomic mass is 127. The Morgan fingerprint density at radius 1 is 0.889 bits per heavy atom. The molecule has 0 saturated heterocycles. The van der Waals surface area contributed by atoms with E-state index in [0.717, 1.165) is 34.8 Å². The maximum atomic E-state index is 13.5. The van der Waals surface area contributed by atoms with Crippen LogP contribution in [0.3, 0.4) is 0 Å². The molecule has 142 valence electrons. The Labute approximate surface area is 185 Å². The van der Waals surface area contributed by atoms with E-state index in [9.17, 15) is 4.39 Å². The Bertz CT molecular complexity index is 1070. The Hall–Kier alpha value is -1.41. The summed E-state index contributed by atoms with van der Waals surface area (Å²) in [5.74, 6) is 0.102. The van der Waals surface area contributed by atoms with E-state index in [1.165, 1.54) is 11.1 Å². The molecule has 2 aromatic carbocycles. The molecule has 27 heavy (non-hydrogen) atoms. The number of nitrogens with two attached hydrogens (primary N) is 1. The molecule has 7 heteroatoms. The zero-order valence-corrected chi connectivity index (χ0v) is 20.3. The van der Waals surface area contributed by atoms with Gasteiger partial charge in [-0.3, -0.25) is 0 Å². The second-order valence-electron chi connectivity index (χ2n) is 6.45. The third kappa shape index (κ3) is 3.78. The van der Waals surface area contributed by atoms with Gasteiger partial charge in [0.1, 0.15) is 17.4 Å². The summed E-state index contributed by atoms with van der Waals surface area (Å²) < 4.78 is 20.6. The van der Waals surface area contributed by atoms with Crippen LogP contribution in [0.25, 0.3) is 11.0 Å². The maximum absolute atomic E-state index is 13.5. The summed E-state index contributed by atoms with van der Waals surface area (Å²) in [5, 5.41) is 13.5. The van der Waals surface area contributed by atoms with E-state index < -0.39 is 0 Å². The van der Waals surface area contributed by atoms with E-state index in [1.807, 2.05) is 49.4 Å². The summed E-state index contributed by atoms with van der Waals surface area (Å²) in [6, 6.07) is 1.89. The van der Waals surface area contributed by atoms with E-state index in [4.69, 9.17) is 15.5 Å². The fraction of sp³-hybridized carbons (Fsp3) is 0.300. The highest BCUT2D eigenvalue weighted by molar-refractivity contribution is 14.1. The first kappa shape index (κ1) is 21.9. The number of benzene rings is 2. The van der Waals surface area contributed by atoms with Crippen LogP contribution in [-0.4, -0.2) is 5.16 Å². The van der Waals surface area contributed by atoms with E-state index in [0.29, 0.717) is 11.4 Å². The molecule has 3 rings (SSSR count). The lowest BCUT2D eigenvalue weighted by molar-refractivity contribution is 0.459. The topological polar surface area (TPSA) is 75.8 Å². The van der Waals surface area contributed by atoms with Gasteiger partial charge in [0.05, 0.1) is 5.39 Å². The third-order valence-corrected chi connectivity index (χ3v) is 7.76. The Morgan fingerprint density at radius 3 is 1.96 bits per heavy atom. The molecule has 0 bridgehead atoms. The van der Waals surface area contributed by atoms with E-state index in [-0.39, 0.29) is 11.4 Å². The number of aryl methyl sites for hydroxylation is 1. The second kappa shape index (κ2) is 8.31. The van der Waals surface area contributed by atoms with Crippen LogP contribution < -0.4 is 5.73 Å². The average Bonchev–Trinajstić information content (AvgIpc) is 3.04. The molecule has 0 radical (unpaired) electrons. The molecule has 0 fully saturated rings. The first-order valence-corrected chi connectivity index (χ1v) is 10.3. The van der Waals surface area contributed by atoms with Crippen molar-refractivity contribution in [3.63, 3.8) is 0 Å². The number of halogens is 3. The van der Waals surface area contributed by atoms with Crippen molar-refractivity contribution in [1.29, 1.82) is 5.26 Å². The smallest absolute Gasteiger partial charge is 0.175 e. The summed E-state index contributed by atoms with van der Waals surface area (Å²) >= 11 is 4.30. The van der Waals surface area contributed by atoms with Crippen LogP contribution >= 0.6 is 45.2 Å². The lowest BCUT2D eigenvalue weighted by Crippen LogP contribution is -2.00. The number of aromatic nitrogens is 1.